The first-order valence-electron chi connectivity index (χ1n) is 39.0. The maximum Gasteiger partial charge on any atom is 0.472 e. The minimum absolute atomic E-state index is 0.105. The number of carbonyl (C=O) groups is 4. The van der Waals surface area contributed by atoms with E-state index in [4.69, 9.17) is 37.0 Å². The molecule has 558 valence electrons. The Labute approximate surface area is 575 Å². The van der Waals surface area contributed by atoms with E-state index in [-0.39, 0.29) is 25.7 Å². The summed E-state index contributed by atoms with van der Waals surface area (Å²) in [6, 6.07) is 0. The van der Waals surface area contributed by atoms with Crippen LogP contribution in [0, 0.1) is 11.8 Å². The van der Waals surface area contributed by atoms with Gasteiger partial charge in [0.25, 0.3) is 0 Å². The zero-order valence-electron chi connectivity index (χ0n) is 61.3. The third-order valence-corrected chi connectivity index (χ3v) is 19.7. The van der Waals surface area contributed by atoms with Gasteiger partial charge in [-0.05, 0) is 37.5 Å². The number of aliphatic hydroxyl groups excluding tert-OH is 1. The lowest BCUT2D eigenvalue weighted by Crippen LogP contribution is -2.30. The maximum absolute atomic E-state index is 13.1. The van der Waals surface area contributed by atoms with Crippen molar-refractivity contribution in [2.45, 2.75) is 407 Å². The largest absolute Gasteiger partial charge is 0.472 e. The van der Waals surface area contributed by atoms with Gasteiger partial charge in [-0.2, -0.15) is 0 Å². The number of esters is 4. The number of ether oxygens (including phenoxy) is 4. The fourth-order valence-electron chi connectivity index (χ4n) is 11.4. The van der Waals surface area contributed by atoms with Crippen molar-refractivity contribution >= 4 is 39.5 Å². The Kier molecular flexibility index (Phi) is 65.5. The molecule has 0 radical (unpaired) electrons. The summed E-state index contributed by atoms with van der Waals surface area (Å²) in [5.74, 6) is -0.589. The number of unbranched alkanes of at least 4 members (excludes halogenated alkanes) is 43. The number of hydrogen-bond donors (Lipinski definition) is 3. The highest BCUT2D eigenvalue weighted by Crippen LogP contribution is 2.45. The molecule has 0 spiro atoms. The SMILES string of the molecule is CCCCCCCCCCCCCCCCCCCCC(=O)O[C@H](COC(=O)CCCCCCCCCCCCC(C)C)COP(=O)(O)OC[C@@H](O)COP(=O)(O)OC[C@@H](COC(=O)CCCCCCCCCCCCC)OC(=O)CCCCCCCCCCC(C)CC. The van der Waals surface area contributed by atoms with E-state index < -0.39 is 97.5 Å². The first-order valence-corrected chi connectivity index (χ1v) is 42.0. The molecule has 94 heavy (non-hydrogen) atoms. The molecule has 0 saturated heterocycles. The van der Waals surface area contributed by atoms with Crippen LogP contribution in [0.2, 0.25) is 0 Å². The van der Waals surface area contributed by atoms with Crippen LogP contribution in [0.4, 0.5) is 0 Å². The van der Waals surface area contributed by atoms with Crippen LogP contribution in [0.15, 0.2) is 0 Å². The molecular formula is C75H146O17P2. The van der Waals surface area contributed by atoms with Crippen molar-refractivity contribution in [3.05, 3.63) is 0 Å². The van der Waals surface area contributed by atoms with Gasteiger partial charge in [0.05, 0.1) is 26.4 Å². The fourth-order valence-corrected chi connectivity index (χ4v) is 13.0. The van der Waals surface area contributed by atoms with E-state index in [0.717, 1.165) is 102 Å². The lowest BCUT2D eigenvalue weighted by atomic mass is 9.99. The van der Waals surface area contributed by atoms with E-state index in [2.05, 4.69) is 41.5 Å². The molecule has 0 aromatic carbocycles. The van der Waals surface area contributed by atoms with E-state index >= 15 is 0 Å². The second kappa shape index (κ2) is 66.9. The van der Waals surface area contributed by atoms with Crippen molar-refractivity contribution in [3.63, 3.8) is 0 Å². The van der Waals surface area contributed by atoms with Crippen molar-refractivity contribution < 1.29 is 80.2 Å². The number of rotatable bonds is 74. The Morgan fingerprint density at radius 2 is 0.543 bits per heavy atom. The number of aliphatic hydroxyl groups is 1. The predicted molar refractivity (Wildman–Crippen MR) is 381 cm³/mol. The molecule has 0 aliphatic rings. The number of carbonyl (C=O) groups excluding carboxylic acids is 4. The van der Waals surface area contributed by atoms with Gasteiger partial charge in [-0.1, -0.05) is 337 Å². The Hall–Kier alpha value is -1.94. The maximum atomic E-state index is 13.1. The number of phosphoric acid groups is 2. The van der Waals surface area contributed by atoms with Gasteiger partial charge in [-0.3, -0.25) is 37.3 Å². The lowest BCUT2D eigenvalue weighted by molar-refractivity contribution is -0.161. The third kappa shape index (κ3) is 67.3. The topological polar surface area (TPSA) is 237 Å². The second-order valence-corrected chi connectivity index (χ2v) is 30.7. The lowest BCUT2D eigenvalue weighted by Gasteiger charge is -2.21. The molecule has 3 N–H and O–H groups in total. The van der Waals surface area contributed by atoms with E-state index in [1.165, 1.54) is 205 Å². The fraction of sp³-hybridized carbons (Fsp3) is 0.947. The first-order chi connectivity index (χ1) is 45.4. The summed E-state index contributed by atoms with van der Waals surface area (Å²) >= 11 is 0. The smallest absolute Gasteiger partial charge is 0.462 e. The third-order valence-electron chi connectivity index (χ3n) is 17.8. The van der Waals surface area contributed by atoms with Crippen LogP contribution in [0.3, 0.4) is 0 Å². The Bertz CT molecular complexity index is 1820. The van der Waals surface area contributed by atoms with E-state index in [9.17, 15) is 43.2 Å². The van der Waals surface area contributed by atoms with Gasteiger partial charge >= 0.3 is 39.5 Å². The van der Waals surface area contributed by atoms with Crippen molar-refractivity contribution in [1.82, 2.24) is 0 Å². The Morgan fingerprint density at radius 3 is 0.809 bits per heavy atom. The summed E-state index contributed by atoms with van der Waals surface area (Å²) in [6.07, 6.45) is 54.0. The summed E-state index contributed by atoms with van der Waals surface area (Å²) in [5.41, 5.74) is 0. The van der Waals surface area contributed by atoms with Crippen LogP contribution in [0.1, 0.15) is 388 Å². The molecule has 3 unspecified atom stereocenters. The predicted octanol–water partition coefficient (Wildman–Crippen LogP) is 21.9. The summed E-state index contributed by atoms with van der Waals surface area (Å²) in [7, 11) is -9.91. The normalized spacial score (nSPS) is 14.3. The monoisotopic (exact) mass is 1380 g/mol. The van der Waals surface area contributed by atoms with Crippen molar-refractivity contribution in [3.8, 4) is 0 Å². The van der Waals surface area contributed by atoms with Crippen LogP contribution in [0.25, 0.3) is 0 Å². The molecule has 0 saturated carbocycles. The minimum atomic E-state index is -4.96. The highest BCUT2D eigenvalue weighted by atomic mass is 31.2. The molecule has 6 atom stereocenters. The zero-order valence-corrected chi connectivity index (χ0v) is 63.1. The molecular weight excluding hydrogens is 1230 g/mol. The van der Waals surface area contributed by atoms with E-state index in [1.54, 1.807) is 0 Å². The molecule has 0 aliphatic heterocycles. The van der Waals surface area contributed by atoms with Crippen molar-refractivity contribution in [1.29, 1.82) is 0 Å². The average Bonchev–Trinajstić information content (AvgIpc) is 3.33. The quantitative estimate of drug-likeness (QED) is 0.0222. The van der Waals surface area contributed by atoms with E-state index in [0.29, 0.717) is 25.7 Å². The van der Waals surface area contributed by atoms with Gasteiger partial charge in [-0.25, -0.2) is 9.13 Å². The van der Waals surface area contributed by atoms with Gasteiger partial charge in [0.15, 0.2) is 12.2 Å². The Balaban J connectivity index is 5.24. The second-order valence-electron chi connectivity index (χ2n) is 27.8. The molecule has 0 amide bonds. The molecule has 0 bridgehead atoms. The average molecular weight is 1380 g/mol. The van der Waals surface area contributed by atoms with Gasteiger partial charge < -0.3 is 33.8 Å². The molecule has 0 heterocycles. The summed E-state index contributed by atoms with van der Waals surface area (Å²) < 4.78 is 68.5. The van der Waals surface area contributed by atoms with Gasteiger partial charge in [0.1, 0.15) is 19.3 Å². The van der Waals surface area contributed by atoms with Gasteiger partial charge in [-0.15, -0.1) is 0 Å². The minimum Gasteiger partial charge on any atom is -0.462 e. The molecule has 0 aliphatic carbocycles. The van der Waals surface area contributed by atoms with Crippen LogP contribution >= 0.6 is 15.6 Å². The highest BCUT2D eigenvalue weighted by molar-refractivity contribution is 7.47. The van der Waals surface area contributed by atoms with Gasteiger partial charge in [0, 0.05) is 25.7 Å². The Morgan fingerprint density at radius 1 is 0.309 bits per heavy atom. The highest BCUT2D eigenvalue weighted by Gasteiger charge is 2.30. The molecule has 0 aromatic rings. The molecule has 0 aromatic heterocycles. The van der Waals surface area contributed by atoms with Gasteiger partial charge in [0.2, 0.25) is 0 Å². The van der Waals surface area contributed by atoms with Crippen LogP contribution in [-0.2, 0) is 65.4 Å². The van der Waals surface area contributed by atoms with E-state index in [1.807, 2.05) is 0 Å². The summed E-state index contributed by atoms with van der Waals surface area (Å²) in [6.45, 7) is 9.58. The standard InChI is InChI=1S/C75H146O17P2/c1-7-10-12-14-16-18-20-21-22-23-24-25-26-28-34-41-47-53-59-74(79)91-70(63-86-73(78)58-52-46-40-33-30-29-31-37-43-49-55-67(4)5)65-89-93(81,82)87-61-69(76)62-88-94(83,84)90-66-71(64-85-72(77)57-51-45-39-32-27-19-17-15-13-11-8-2)92-75(80)60-54-48-42-36-35-38-44-50-56-68(6)9-3/h67-71,76H,7-66H2,1-6H3,(H,81,82)(H,83,84)/t68?,69-,70-,71-/m1/s1. The van der Waals surface area contributed by atoms with Crippen LogP contribution in [0.5, 0.6) is 0 Å². The summed E-state index contributed by atoms with van der Waals surface area (Å²) in [4.78, 5) is 72.8. The van der Waals surface area contributed by atoms with Crippen LogP contribution in [-0.4, -0.2) is 96.7 Å². The van der Waals surface area contributed by atoms with Crippen LogP contribution < -0.4 is 0 Å². The molecule has 0 rings (SSSR count). The number of phosphoric ester groups is 2. The summed E-state index contributed by atoms with van der Waals surface area (Å²) in [5, 5.41) is 10.6. The van der Waals surface area contributed by atoms with Crippen molar-refractivity contribution in [2.24, 2.45) is 11.8 Å². The molecule has 19 heteroatoms. The van der Waals surface area contributed by atoms with Crippen molar-refractivity contribution in [2.75, 3.05) is 39.6 Å². The molecule has 0 fully saturated rings. The first kappa shape index (κ1) is 92.1. The number of hydrogen-bond acceptors (Lipinski definition) is 15. The molecule has 17 nitrogen and oxygen atoms in total. The zero-order chi connectivity index (χ0) is 69.3.